The van der Waals surface area contributed by atoms with Crippen molar-refractivity contribution < 1.29 is 4.79 Å². The molecule has 5 N–H and O–H groups in total. The van der Waals surface area contributed by atoms with Gasteiger partial charge in [0.05, 0.1) is 17.5 Å². The molecule has 7 nitrogen and oxygen atoms in total. The molecular formula is C13H10N6O. The van der Waals surface area contributed by atoms with E-state index in [9.17, 15) is 4.79 Å². The molecule has 1 aliphatic rings. The van der Waals surface area contributed by atoms with Crippen LogP contribution in [-0.2, 0) is 0 Å². The Bertz CT molecular complexity index is 859. The van der Waals surface area contributed by atoms with Crippen molar-refractivity contribution in [3.05, 3.63) is 35.7 Å². The minimum absolute atomic E-state index is 0.276. The quantitative estimate of drug-likeness (QED) is 0.497. The summed E-state index contributed by atoms with van der Waals surface area (Å²) in [6, 6.07) is 3.44. The minimum atomic E-state index is -0.276. The van der Waals surface area contributed by atoms with Gasteiger partial charge >= 0.3 is 0 Å². The first-order chi connectivity index (χ1) is 9.74. The number of nitrogens with two attached hydrogens (primary N) is 1. The van der Waals surface area contributed by atoms with E-state index in [1.54, 1.807) is 30.7 Å². The zero-order valence-electron chi connectivity index (χ0n) is 10.3. The number of carbonyl (C=O) groups is 1. The third-order valence-electron chi connectivity index (χ3n) is 3.30. The number of hydrogen-bond acceptors (Lipinski definition) is 4. The van der Waals surface area contributed by atoms with Gasteiger partial charge in [0.15, 0.2) is 5.82 Å². The number of hydrazone groups is 1. The van der Waals surface area contributed by atoms with Crippen molar-refractivity contribution in [2.75, 3.05) is 5.73 Å². The van der Waals surface area contributed by atoms with Crippen LogP contribution in [0.4, 0.5) is 5.69 Å². The number of rotatable bonds is 1. The van der Waals surface area contributed by atoms with Gasteiger partial charge in [-0.15, -0.1) is 0 Å². The number of H-pyrrole nitrogens is 2. The fraction of sp³-hybridized carbons (Fsp3) is 0. The van der Waals surface area contributed by atoms with E-state index in [4.69, 9.17) is 5.73 Å². The van der Waals surface area contributed by atoms with Crippen LogP contribution in [0.2, 0.25) is 0 Å². The molecule has 0 atom stereocenters. The van der Waals surface area contributed by atoms with Gasteiger partial charge in [-0.2, -0.15) is 5.10 Å². The fourth-order valence-corrected chi connectivity index (χ4v) is 2.49. The van der Waals surface area contributed by atoms with E-state index in [1.165, 1.54) is 0 Å². The van der Waals surface area contributed by atoms with Crippen LogP contribution >= 0.6 is 0 Å². The Balaban J connectivity index is 2.15. The molecule has 0 saturated carbocycles. The summed E-state index contributed by atoms with van der Waals surface area (Å²) in [5.41, 5.74) is 11.7. The van der Waals surface area contributed by atoms with E-state index in [1.807, 2.05) is 0 Å². The molecular weight excluding hydrogens is 256 g/mol. The lowest BCUT2D eigenvalue weighted by atomic mass is 10.0. The summed E-state index contributed by atoms with van der Waals surface area (Å²) < 4.78 is 0. The Morgan fingerprint density at radius 3 is 2.95 bits per heavy atom. The van der Waals surface area contributed by atoms with E-state index in [0.29, 0.717) is 17.1 Å². The van der Waals surface area contributed by atoms with Crippen molar-refractivity contribution in [1.29, 1.82) is 0 Å². The summed E-state index contributed by atoms with van der Waals surface area (Å²) in [6.07, 6.45) is 5.02. The second-order valence-corrected chi connectivity index (χ2v) is 4.54. The largest absolute Gasteiger partial charge is 0.399 e. The number of amides is 1. The molecule has 1 amide bonds. The Labute approximate surface area is 112 Å². The highest BCUT2D eigenvalue weighted by molar-refractivity contribution is 6.17. The number of benzene rings is 1. The lowest BCUT2D eigenvalue weighted by molar-refractivity contribution is 0.0957. The van der Waals surface area contributed by atoms with Gasteiger partial charge in [-0.25, -0.2) is 10.4 Å². The van der Waals surface area contributed by atoms with E-state index < -0.39 is 0 Å². The van der Waals surface area contributed by atoms with E-state index in [2.05, 4.69) is 25.5 Å². The molecule has 98 valence electrons. The SMILES string of the molecule is Nc1cc2c3c(c(-c4ncc[nH]4)[nH]c3c1)C=NNC2=O. The second-order valence-electron chi connectivity index (χ2n) is 4.54. The number of aromatic nitrogens is 3. The first kappa shape index (κ1) is 10.8. The summed E-state index contributed by atoms with van der Waals surface area (Å²) in [6.45, 7) is 0. The van der Waals surface area contributed by atoms with Gasteiger partial charge < -0.3 is 15.7 Å². The molecule has 3 aromatic rings. The lowest BCUT2D eigenvalue weighted by Crippen LogP contribution is -2.16. The number of anilines is 1. The van der Waals surface area contributed by atoms with Crippen LogP contribution < -0.4 is 11.2 Å². The van der Waals surface area contributed by atoms with Crippen LogP contribution in [0, 0.1) is 0 Å². The van der Waals surface area contributed by atoms with Crippen LogP contribution in [0.25, 0.3) is 22.4 Å². The lowest BCUT2D eigenvalue weighted by Gasteiger charge is -2.02. The molecule has 0 spiro atoms. The Hall–Kier alpha value is -3.09. The number of nitrogens with one attached hydrogen (secondary N) is 3. The van der Waals surface area contributed by atoms with Crippen LogP contribution in [-0.4, -0.2) is 27.1 Å². The normalized spacial score (nSPS) is 13.5. The van der Waals surface area contributed by atoms with Crippen molar-refractivity contribution in [3.8, 4) is 11.5 Å². The van der Waals surface area contributed by atoms with E-state index in [-0.39, 0.29) is 5.91 Å². The van der Waals surface area contributed by atoms with Crippen molar-refractivity contribution in [1.82, 2.24) is 20.4 Å². The third-order valence-corrected chi connectivity index (χ3v) is 3.30. The van der Waals surface area contributed by atoms with Crippen molar-refractivity contribution >= 4 is 28.7 Å². The maximum atomic E-state index is 12.0. The van der Waals surface area contributed by atoms with Crippen LogP contribution in [0.15, 0.2) is 29.6 Å². The molecule has 4 rings (SSSR count). The number of hydrogen-bond donors (Lipinski definition) is 4. The van der Waals surface area contributed by atoms with E-state index >= 15 is 0 Å². The van der Waals surface area contributed by atoms with Crippen molar-refractivity contribution in [2.45, 2.75) is 0 Å². The topological polar surface area (TPSA) is 112 Å². The molecule has 0 radical (unpaired) electrons. The maximum absolute atomic E-state index is 12.0. The van der Waals surface area contributed by atoms with Gasteiger partial charge in [0.2, 0.25) is 0 Å². The number of carbonyl (C=O) groups excluding carboxylic acids is 1. The van der Waals surface area contributed by atoms with Gasteiger partial charge in [-0.05, 0) is 12.1 Å². The summed E-state index contributed by atoms with van der Waals surface area (Å²) in [5, 5.41) is 4.73. The smallest absolute Gasteiger partial charge is 0.272 e. The number of nitrogens with zero attached hydrogens (tertiary/aromatic N) is 2. The first-order valence-corrected chi connectivity index (χ1v) is 6.02. The van der Waals surface area contributed by atoms with Crippen LogP contribution in [0.3, 0.4) is 0 Å². The Morgan fingerprint density at radius 1 is 1.25 bits per heavy atom. The van der Waals surface area contributed by atoms with Crippen LogP contribution in [0.1, 0.15) is 15.9 Å². The zero-order valence-corrected chi connectivity index (χ0v) is 10.3. The fourth-order valence-electron chi connectivity index (χ4n) is 2.49. The highest BCUT2D eigenvalue weighted by Crippen LogP contribution is 2.32. The maximum Gasteiger partial charge on any atom is 0.272 e. The van der Waals surface area contributed by atoms with Gasteiger partial charge in [0.25, 0.3) is 5.91 Å². The average Bonchev–Trinajstić information content (AvgIpc) is 3.01. The second kappa shape index (κ2) is 3.70. The molecule has 0 fully saturated rings. The standard InChI is InChI=1S/C13H10N6O/c14-6-3-7-10-8(5-17-19-13(7)20)11(18-9(10)4-6)12-15-1-2-16-12/h1-5,18H,14H2,(H,15,16)(H,19,20). The monoisotopic (exact) mass is 266 g/mol. The molecule has 1 aliphatic heterocycles. The molecule has 0 bridgehead atoms. The van der Waals surface area contributed by atoms with Gasteiger partial charge in [0, 0.05) is 34.5 Å². The summed E-state index contributed by atoms with van der Waals surface area (Å²) in [7, 11) is 0. The molecule has 3 heterocycles. The molecule has 1 aromatic carbocycles. The molecule has 7 heteroatoms. The predicted octanol–water partition coefficient (Wildman–Crippen LogP) is 1.22. The Kier molecular flexibility index (Phi) is 2.00. The minimum Gasteiger partial charge on any atom is -0.399 e. The summed E-state index contributed by atoms with van der Waals surface area (Å²) >= 11 is 0. The third kappa shape index (κ3) is 1.37. The summed E-state index contributed by atoms with van der Waals surface area (Å²) in [4.78, 5) is 22.5. The molecule has 2 aromatic heterocycles. The molecule has 20 heavy (non-hydrogen) atoms. The van der Waals surface area contributed by atoms with Gasteiger partial charge in [-0.1, -0.05) is 0 Å². The van der Waals surface area contributed by atoms with E-state index in [0.717, 1.165) is 22.2 Å². The first-order valence-electron chi connectivity index (χ1n) is 6.02. The zero-order chi connectivity index (χ0) is 13.7. The molecule has 0 unspecified atom stereocenters. The average molecular weight is 266 g/mol. The number of imidazole rings is 1. The van der Waals surface area contributed by atoms with Gasteiger partial charge in [0.1, 0.15) is 0 Å². The van der Waals surface area contributed by atoms with Crippen molar-refractivity contribution in [3.63, 3.8) is 0 Å². The summed E-state index contributed by atoms with van der Waals surface area (Å²) in [5.74, 6) is 0.406. The number of aromatic amines is 2. The van der Waals surface area contributed by atoms with Crippen LogP contribution in [0.5, 0.6) is 0 Å². The number of nitrogen functional groups attached to an aromatic ring is 1. The molecule has 0 aliphatic carbocycles. The van der Waals surface area contributed by atoms with Crippen molar-refractivity contribution in [2.24, 2.45) is 5.10 Å². The predicted molar refractivity (Wildman–Crippen MR) is 75.4 cm³/mol. The Morgan fingerprint density at radius 2 is 2.15 bits per heavy atom. The molecule has 0 saturated heterocycles. The highest BCUT2D eigenvalue weighted by atomic mass is 16.2. The van der Waals surface area contributed by atoms with Gasteiger partial charge in [-0.3, -0.25) is 4.79 Å². The highest BCUT2D eigenvalue weighted by Gasteiger charge is 2.22.